The van der Waals surface area contributed by atoms with Gasteiger partial charge in [-0.15, -0.1) is 0 Å². The average Bonchev–Trinajstić information content (AvgIpc) is 2.40. The first kappa shape index (κ1) is 12.2. The summed E-state index contributed by atoms with van der Waals surface area (Å²) in [7, 11) is 0. The van der Waals surface area contributed by atoms with Crippen molar-refractivity contribution in [3.63, 3.8) is 0 Å². The molecular weight excluding hydrogens is 228 g/mol. The number of para-hydroxylation sites is 1. The predicted molar refractivity (Wildman–Crippen MR) is 66.4 cm³/mol. The van der Waals surface area contributed by atoms with Crippen molar-refractivity contribution in [1.82, 2.24) is 0 Å². The third kappa shape index (κ3) is 2.88. The molecule has 0 fully saturated rings. The number of carbonyl (C=O) groups excluding carboxylic acids is 1. The average molecular weight is 241 g/mol. The second-order valence-corrected chi connectivity index (χ2v) is 4.02. The second-order valence-electron chi connectivity index (χ2n) is 4.02. The van der Waals surface area contributed by atoms with Crippen molar-refractivity contribution in [2.45, 2.75) is 12.8 Å². The van der Waals surface area contributed by atoms with E-state index in [0.29, 0.717) is 11.3 Å². The van der Waals surface area contributed by atoms with Crippen molar-refractivity contribution >= 4 is 5.97 Å². The van der Waals surface area contributed by atoms with Crippen molar-refractivity contribution in [2.75, 3.05) is 0 Å². The van der Waals surface area contributed by atoms with Gasteiger partial charge < -0.3 is 14.6 Å². The minimum atomic E-state index is -1.08. The maximum atomic E-state index is 10.7. The largest absolute Gasteiger partial charge is 0.550 e. The minimum Gasteiger partial charge on any atom is -0.550 e. The minimum absolute atomic E-state index is 0.615. The fourth-order valence-electron chi connectivity index (χ4n) is 1.59. The van der Waals surface area contributed by atoms with Gasteiger partial charge in [-0.25, -0.2) is 0 Å². The SMILES string of the molecule is CC(C(=O)[O-])c1ccc(Oc2ccccc2)cc1. The molecule has 3 nitrogen and oxygen atoms in total. The standard InChI is InChI=1S/C15H14O3/c1-11(15(16)17)12-7-9-14(10-8-12)18-13-5-3-2-4-6-13/h2-11H,1H3,(H,16,17)/p-1. The summed E-state index contributed by atoms with van der Waals surface area (Å²) in [5.74, 6) is -0.267. The smallest absolute Gasteiger partial charge is 0.127 e. The van der Waals surface area contributed by atoms with Gasteiger partial charge in [0.15, 0.2) is 0 Å². The van der Waals surface area contributed by atoms with Crippen molar-refractivity contribution in [1.29, 1.82) is 0 Å². The number of carbonyl (C=O) groups is 1. The van der Waals surface area contributed by atoms with Gasteiger partial charge >= 0.3 is 0 Å². The van der Waals surface area contributed by atoms with Crippen LogP contribution < -0.4 is 9.84 Å². The molecule has 1 unspecified atom stereocenters. The lowest BCUT2D eigenvalue weighted by atomic mass is 10.0. The highest BCUT2D eigenvalue weighted by atomic mass is 16.5. The molecule has 0 spiro atoms. The summed E-state index contributed by atoms with van der Waals surface area (Å²) in [5.41, 5.74) is 0.704. The molecule has 2 aromatic carbocycles. The van der Waals surface area contributed by atoms with E-state index in [0.717, 1.165) is 5.75 Å². The molecule has 0 N–H and O–H groups in total. The van der Waals surface area contributed by atoms with E-state index in [1.165, 1.54) is 0 Å². The third-order valence-electron chi connectivity index (χ3n) is 2.71. The normalized spacial score (nSPS) is 11.8. The van der Waals surface area contributed by atoms with E-state index in [-0.39, 0.29) is 0 Å². The van der Waals surface area contributed by atoms with E-state index in [1.54, 1.807) is 31.2 Å². The Hall–Kier alpha value is -2.29. The predicted octanol–water partition coefficient (Wildman–Crippen LogP) is 2.33. The summed E-state index contributed by atoms with van der Waals surface area (Å²) in [6, 6.07) is 16.4. The number of carboxylic acid groups (broad SMARTS) is 1. The molecule has 1 atom stereocenters. The van der Waals surface area contributed by atoms with Gasteiger partial charge in [-0.05, 0) is 29.8 Å². The Bertz CT molecular complexity index is 517. The summed E-state index contributed by atoms with van der Waals surface area (Å²) >= 11 is 0. The van der Waals surface area contributed by atoms with Gasteiger partial charge in [0, 0.05) is 11.9 Å². The Morgan fingerprint density at radius 2 is 1.56 bits per heavy atom. The number of benzene rings is 2. The fraction of sp³-hybridized carbons (Fsp3) is 0.133. The number of ether oxygens (including phenoxy) is 1. The number of aliphatic carboxylic acids is 1. The molecule has 3 heteroatoms. The molecule has 0 aromatic heterocycles. The van der Waals surface area contributed by atoms with E-state index in [4.69, 9.17) is 4.74 Å². The highest BCUT2D eigenvalue weighted by Gasteiger charge is 2.06. The molecule has 18 heavy (non-hydrogen) atoms. The molecule has 0 saturated carbocycles. The molecule has 0 saturated heterocycles. The molecule has 2 aromatic rings. The Morgan fingerprint density at radius 1 is 1.00 bits per heavy atom. The Morgan fingerprint density at radius 3 is 2.11 bits per heavy atom. The molecule has 0 bridgehead atoms. The molecule has 0 aliphatic heterocycles. The van der Waals surface area contributed by atoms with Crippen molar-refractivity contribution in [3.05, 3.63) is 60.2 Å². The van der Waals surface area contributed by atoms with Gasteiger partial charge in [0.2, 0.25) is 0 Å². The van der Waals surface area contributed by atoms with Crippen LogP contribution in [0.1, 0.15) is 18.4 Å². The van der Waals surface area contributed by atoms with Crippen LogP contribution in [-0.4, -0.2) is 5.97 Å². The van der Waals surface area contributed by atoms with Gasteiger partial charge in [0.05, 0.1) is 0 Å². The van der Waals surface area contributed by atoms with Gasteiger partial charge in [0.1, 0.15) is 11.5 Å². The maximum Gasteiger partial charge on any atom is 0.127 e. The molecule has 2 rings (SSSR count). The number of hydrogen-bond donors (Lipinski definition) is 0. The number of hydrogen-bond acceptors (Lipinski definition) is 3. The van der Waals surface area contributed by atoms with Gasteiger partial charge in [-0.1, -0.05) is 37.3 Å². The molecular formula is C15H13O3-. The summed E-state index contributed by atoms with van der Waals surface area (Å²) in [4.78, 5) is 10.7. The second kappa shape index (κ2) is 5.36. The fourth-order valence-corrected chi connectivity index (χ4v) is 1.59. The first-order valence-corrected chi connectivity index (χ1v) is 5.70. The van der Waals surface area contributed by atoms with E-state index in [9.17, 15) is 9.90 Å². The molecule has 0 aliphatic carbocycles. The van der Waals surface area contributed by atoms with Crippen LogP contribution in [0.15, 0.2) is 54.6 Å². The zero-order valence-corrected chi connectivity index (χ0v) is 10.00. The summed E-state index contributed by atoms with van der Waals surface area (Å²) in [6.07, 6.45) is 0. The lowest BCUT2D eigenvalue weighted by Crippen LogP contribution is -2.27. The van der Waals surface area contributed by atoms with Crippen LogP contribution in [0.4, 0.5) is 0 Å². The first-order chi connectivity index (χ1) is 8.66. The van der Waals surface area contributed by atoms with Crippen molar-refractivity contribution in [3.8, 4) is 11.5 Å². The molecule has 0 heterocycles. The summed E-state index contributed by atoms with van der Waals surface area (Å²) in [5, 5.41) is 10.7. The van der Waals surface area contributed by atoms with Gasteiger partial charge in [-0.3, -0.25) is 0 Å². The highest BCUT2D eigenvalue weighted by Crippen LogP contribution is 2.23. The van der Waals surface area contributed by atoms with Crippen LogP contribution in [0.3, 0.4) is 0 Å². The highest BCUT2D eigenvalue weighted by molar-refractivity contribution is 5.73. The number of rotatable bonds is 4. The Balaban J connectivity index is 2.11. The zero-order valence-electron chi connectivity index (χ0n) is 10.00. The van der Waals surface area contributed by atoms with Crippen LogP contribution in [0.5, 0.6) is 11.5 Å². The summed E-state index contributed by atoms with van der Waals surface area (Å²) < 4.78 is 5.61. The molecule has 92 valence electrons. The van der Waals surface area contributed by atoms with Crippen molar-refractivity contribution in [2.24, 2.45) is 0 Å². The van der Waals surface area contributed by atoms with Crippen molar-refractivity contribution < 1.29 is 14.6 Å². The summed E-state index contributed by atoms with van der Waals surface area (Å²) in [6.45, 7) is 1.60. The van der Waals surface area contributed by atoms with E-state index < -0.39 is 11.9 Å². The van der Waals surface area contributed by atoms with E-state index in [2.05, 4.69) is 0 Å². The van der Waals surface area contributed by atoms with Crippen LogP contribution in [0, 0.1) is 0 Å². The Kier molecular flexibility index (Phi) is 3.63. The molecule has 0 radical (unpaired) electrons. The van der Waals surface area contributed by atoms with Crippen LogP contribution in [0.25, 0.3) is 0 Å². The number of carboxylic acids is 1. The first-order valence-electron chi connectivity index (χ1n) is 5.70. The van der Waals surface area contributed by atoms with Crippen LogP contribution >= 0.6 is 0 Å². The van der Waals surface area contributed by atoms with Gasteiger partial charge in [0.25, 0.3) is 0 Å². The lowest BCUT2D eigenvalue weighted by Gasteiger charge is -2.13. The maximum absolute atomic E-state index is 10.7. The van der Waals surface area contributed by atoms with E-state index >= 15 is 0 Å². The molecule has 0 aliphatic rings. The van der Waals surface area contributed by atoms with E-state index in [1.807, 2.05) is 30.3 Å². The Labute approximate surface area is 106 Å². The van der Waals surface area contributed by atoms with Crippen LogP contribution in [-0.2, 0) is 4.79 Å². The van der Waals surface area contributed by atoms with Crippen LogP contribution in [0.2, 0.25) is 0 Å². The zero-order chi connectivity index (χ0) is 13.0. The monoisotopic (exact) mass is 241 g/mol. The lowest BCUT2D eigenvalue weighted by molar-refractivity contribution is -0.307. The topological polar surface area (TPSA) is 49.4 Å². The third-order valence-corrected chi connectivity index (χ3v) is 2.71. The van der Waals surface area contributed by atoms with Gasteiger partial charge in [-0.2, -0.15) is 0 Å². The quantitative estimate of drug-likeness (QED) is 0.825. The molecule has 0 amide bonds.